The molecule has 0 spiro atoms. The van der Waals surface area contributed by atoms with Crippen LogP contribution in [-0.4, -0.2) is 39.3 Å². The molecule has 0 unspecified atom stereocenters. The maximum absolute atomic E-state index is 12.4. The van der Waals surface area contributed by atoms with Gasteiger partial charge in [-0.25, -0.2) is 8.42 Å². The van der Waals surface area contributed by atoms with Crippen molar-refractivity contribution in [1.82, 2.24) is 0 Å². The van der Waals surface area contributed by atoms with Crippen molar-refractivity contribution < 1.29 is 22.7 Å². The van der Waals surface area contributed by atoms with Gasteiger partial charge in [-0.05, 0) is 76.2 Å². The molecule has 2 aromatic carbocycles. The van der Waals surface area contributed by atoms with E-state index < -0.39 is 15.9 Å². The van der Waals surface area contributed by atoms with Crippen LogP contribution in [0, 0.1) is 0 Å². The summed E-state index contributed by atoms with van der Waals surface area (Å²) in [4.78, 5) is 12.4. The minimum Gasteiger partial charge on any atom is -0.491 e. The number of ether oxygens (including phenoxy) is 2. The van der Waals surface area contributed by atoms with E-state index in [2.05, 4.69) is 5.32 Å². The van der Waals surface area contributed by atoms with Crippen LogP contribution in [0.3, 0.4) is 0 Å². The number of benzene rings is 2. The molecule has 0 aliphatic heterocycles. The fourth-order valence-corrected chi connectivity index (χ4v) is 3.44. The number of nitrogens with one attached hydrogen (secondary N) is 1. The second-order valence-electron chi connectivity index (χ2n) is 7.17. The second kappa shape index (κ2) is 9.65. The first-order valence-corrected chi connectivity index (χ1v) is 11.2. The summed E-state index contributed by atoms with van der Waals surface area (Å²) >= 11 is 0. The molecule has 0 radical (unpaired) electrons. The summed E-state index contributed by atoms with van der Waals surface area (Å²) in [6.45, 7) is 7.33. The molecule has 2 aromatic rings. The van der Waals surface area contributed by atoms with Gasteiger partial charge in [-0.1, -0.05) is 0 Å². The van der Waals surface area contributed by atoms with E-state index in [1.54, 1.807) is 48.5 Å². The monoisotopic (exact) mass is 420 g/mol. The molecule has 0 saturated carbocycles. The van der Waals surface area contributed by atoms with E-state index in [1.807, 2.05) is 27.7 Å². The molecule has 1 amide bonds. The highest BCUT2D eigenvalue weighted by Gasteiger charge is 2.21. The van der Waals surface area contributed by atoms with Gasteiger partial charge in [0, 0.05) is 5.69 Å². The number of sulfonamides is 1. The quantitative estimate of drug-likeness (QED) is 0.669. The molecule has 2 rings (SSSR count). The molecule has 0 bridgehead atoms. The molecule has 0 heterocycles. The Bertz CT molecular complexity index is 907. The van der Waals surface area contributed by atoms with Crippen molar-refractivity contribution in [3.05, 3.63) is 48.5 Å². The predicted octanol–water partition coefficient (Wildman–Crippen LogP) is 3.67. The summed E-state index contributed by atoms with van der Waals surface area (Å²) < 4.78 is 36.6. The van der Waals surface area contributed by atoms with Crippen molar-refractivity contribution >= 4 is 27.3 Å². The normalized spacial score (nSPS) is 11.4. The first-order valence-electron chi connectivity index (χ1n) is 9.35. The number of carbonyl (C=O) groups excluding carboxylic acids is 1. The lowest BCUT2D eigenvalue weighted by Gasteiger charge is -2.22. The van der Waals surface area contributed by atoms with Crippen molar-refractivity contribution in [2.24, 2.45) is 0 Å². The van der Waals surface area contributed by atoms with Crippen LogP contribution in [-0.2, 0) is 14.8 Å². The van der Waals surface area contributed by atoms with Crippen LogP contribution in [0.25, 0.3) is 0 Å². The van der Waals surface area contributed by atoms with Gasteiger partial charge in [-0.2, -0.15) is 0 Å². The van der Waals surface area contributed by atoms with Crippen molar-refractivity contribution in [2.45, 2.75) is 39.9 Å². The largest absolute Gasteiger partial charge is 0.491 e. The summed E-state index contributed by atoms with van der Waals surface area (Å²) in [5, 5.41) is 2.71. The fraction of sp³-hybridized carbons (Fsp3) is 0.381. The predicted molar refractivity (Wildman–Crippen MR) is 115 cm³/mol. The Morgan fingerprint density at radius 3 is 1.76 bits per heavy atom. The van der Waals surface area contributed by atoms with Crippen LogP contribution in [0.5, 0.6) is 11.5 Å². The van der Waals surface area contributed by atoms with Crippen LogP contribution in [0.15, 0.2) is 48.5 Å². The first-order chi connectivity index (χ1) is 13.5. The molecule has 8 heteroatoms. The number of hydrogen-bond donors (Lipinski definition) is 1. The van der Waals surface area contributed by atoms with Gasteiger partial charge in [-0.3, -0.25) is 9.10 Å². The Labute approximate surface area is 172 Å². The van der Waals surface area contributed by atoms with Gasteiger partial charge in [0.15, 0.2) is 0 Å². The topological polar surface area (TPSA) is 84.9 Å². The van der Waals surface area contributed by atoms with Crippen molar-refractivity contribution in [3.63, 3.8) is 0 Å². The van der Waals surface area contributed by atoms with Crippen LogP contribution < -0.4 is 19.1 Å². The van der Waals surface area contributed by atoms with Gasteiger partial charge < -0.3 is 14.8 Å². The third-order valence-corrected chi connectivity index (χ3v) is 4.83. The molecule has 0 fully saturated rings. The summed E-state index contributed by atoms with van der Waals surface area (Å²) in [5.74, 6) is 0.875. The highest BCUT2D eigenvalue weighted by molar-refractivity contribution is 7.92. The van der Waals surface area contributed by atoms with Crippen molar-refractivity contribution in [3.8, 4) is 11.5 Å². The lowest BCUT2D eigenvalue weighted by atomic mass is 10.3. The molecule has 1 N–H and O–H groups in total. The summed E-state index contributed by atoms with van der Waals surface area (Å²) in [7, 11) is -3.65. The molecule has 0 aliphatic rings. The number of rotatable bonds is 9. The molecule has 7 nitrogen and oxygen atoms in total. The lowest BCUT2D eigenvalue weighted by Crippen LogP contribution is -2.37. The first kappa shape index (κ1) is 22.5. The van der Waals surface area contributed by atoms with Crippen LogP contribution in [0.2, 0.25) is 0 Å². The third kappa shape index (κ3) is 7.30. The number of anilines is 2. The lowest BCUT2D eigenvalue weighted by molar-refractivity contribution is -0.114. The zero-order chi connectivity index (χ0) is 21.6. The van der Waals surface area contributed by atoms with E-state index in [4.69, 9.17) is 9.47 Å². The molecule has 0 atom stereocenters. The smallest absolute Gasteiger partial charge is 0.245 e. The van der Waals surface area contributed by atoms with Gasteiger partial charge in [0.2, 0.25) is 15.9 Å². The van der Waals surface area contributed by atoms with E-state index in [9.17, 15) is 13.2 Å². The van der Waals surface area contributed by atoms with E-state index in [-0.39, 0.29) is 18.8 Å². The zero-order valence-corrected chi connectivity index (χ0v) is 18.2. The van der Waals surface area contributed by atoms with Crippen molar-refractivity contribution in [2.75, 3.05) is 22.4 Å². The minimum atomic E-state index is -3.65. The van der Waals surface area contributed by atoms with Gasteiger partial charge in [0.25, 0.3) is 0 Å². The maximum atomic E-state index is 12.4. The maximum Gasteiger partial charge on any atom is 0.245 e. The van der Waals surface area contributed by atoms with Crippen LogP contribution in [0.4, 0.5) is 11.4 Å². The van der Waals surface area contributed by atoms with Gasteiger partial charge in [0.05, 0.1) is 24.2 Å². The summed E-state index contributed by atoms with van der Waals surface area (Å²) in [6.07, 6.45) is 1.13. The van der Waals surface area contributed by atoms with E-state index in [0.717, 1.165) is 10.6 Å². The third-order valence-electron chi connectivity index (χ3n) is 3.69. The van der Waals surface area contributed by atoms with Gasteiger partial charge >= 0.3 is 0 Å². The molecular formula is C21H28N2O5S. The SMILES string of the molecule is CC(C)Oc1ccc(NC(=O)CN(c2ccc(OC(C)C)cc2)S(C)(=O)=O)cc1. The Hall–Kier alpha value is -2.74. The van der Waals surface area contributed by atoms with E-state index >= 15 is 0 Å². The minimum absolute atomic E-state index is 0.00923. The zero-order valence-electron chi connectivity index (χ0n) is 17.4. The molecule has 0 aliphatic carbocycles. The number of carbonyl (C=O) groups is 1. The molecule has 158 valence electrons. The fourth-order valence-electron chi connectivity index (χ4n) is 2.58. The average molecular weight is 421 g/mol. The Balaban J connectivity index is 2.09. The Morgan fingerprint density at radius 2 is 1.34 bits per heavy atom. The van der Waals surface area contributed by atoms with E-state index in [1.165, 1.54) is 0 Å². The molecule has 0 saturated heterocycles. The molecular weight excluding hydrogens is 392 g/mol. The highest BCUT2D eigenvalue weighted by atomic mass is 32.2. The van der Waals surface area contributed by atoms with E-state index in [0.29, 0.717) is 22.9 Å². The van der Waals surface area contributed by atoms with Gasteiger partial charge in [-0.15, -0.1) is 0 Å². The molecule has 0 aromatic heterocycles. The number of nitrogens with zero attached hydrogens (tertiary/aromatic N) is 1. The Kier molecular flexibility index (Phi) is 7.50. The second-order valence-corrected chi connectivity index (χ2v) is 9.08. The number of amides is 1. The van der Waals surface area contributed by atoms with Crippen molar-refractivity contribution in [1.29, 1.82) is 0 Å². The highest BCUT2D eigenvalue weighted by Crippen LogP contribution is 2.23. The van der Waals surface area contributed by atoms with Gasteiger partial charge in [0.1, 0.15) is 18.0 Å². The average Bonchev–Trinajstić information content (AvgIpc) is 2.60. The summed E-state index contributed by atoms with van der Waals surface area (Å²) in [5.41, 5.74) is 0.944. The van der Waals surface area contributed by atoms with Crippen LogP contribution in [0.1, 0.15) is 27.7 Å². The molecule has 29 heavy (non-hydrogen) atoms. The standard InChI is InChI=1S/C21H28N2O5S/c1-15(2)27-19-10-6-17(7-11-19)22-21(24)14-23(29(5,25)26)18-8-12-20(13-9-18)28-16(3)4/h6-13,15-16H,14H2,1-5H3,(H,22,24). The Morgan fingerprint density at radius 1 is 0.897 bits per heavy atom. The number of hydrogen-bond acceptors (Lipinski definition) is 5. The van der Waals surface area contributed by atoms with Crippen LogP contribution >= 0.6 is 0 Å². The summed E-state index contributed by atoms with van der Waals surface area (Å²) in [6, 6.07) is 13.5.